The number of nitrogens with one attached hydrogen (secondary N) is 2. The fourth-order valence-corrected chi connectivity index (χ4v) is 4.53. The minimum atomic E-state index is -0.591. The first-order chi connectivity index (χ1) is 16.9. The molecule has 3 amide bonds. The molecule has 1 aromatic heterocycles. The summed E-state index contributed by atoms with van der Waals surface area (Å²) in [5.74, 6) is -0.958. The molecule has 35 heavy (non-hydrogen) atoms. The van der Waals surface area contributed by atoms with Crippen LogP contribution in [0.4, 0.5) is 14.9 Å². The zero-order valence-corrected chi connectivity index (χ0v) is 20.2. The molecule has 10 heteroatoms. The minimum Gasteiger partial charge on any atom is -0.442 e. The van der Waals surface area contributed by atoms with E-state index in [1.54, 1.807) is 53.2 Å². The second-order valence-corrected chi connectivity index (χ2v) is 8.99. The van der Waals surface area contributed by atoms with Gasteiger partial charge in [-0.3, -0.25) is 14.5 Å². The number of benzene rings is 2. The Morgan fingerprint density at radius 2 is 1.97 bits per heavy atom. The number of amides is 3. The summed E-state index contributed by atoms with van der Waals surface area (Å²) in [5.41, 5.74) is 4.42. The Labute approximate surface area is 206 Å². The molecule has 1 atom stereocenters. The van der Waals surface area contributed by atoms with Crippen molar-refractivity contribution >= 4 is 34.9 Å². The topological polar surface area (TPSA) is 101 Å². The molecule has 0 aliphatic carbocycles. The summed E-state index contributed by atoms with van der Waals surface area (Å²) in [5, 5.41) is 5.47. The maximum Gasteiger partial charge on any atom is 0.414 e. The van der Waals surface area contributed by atoms with Crippen molar-refractivity contribution in [3.8, 4) is 11.1 Å². The monoisotopic (exact) mass is 496 g/mol. The van der Waals surface area contributed by atoms with Crippen LogP contribution in [-0.4, -0.2) is 42.1 Å². The number of nitrogens with zero attached hydrogens (tertiary/aromatic N) is 2. The Morgan fingerprint density at radius 1 is 1.20 bits per heavy atom. The number of ether oxygens (including phenoxy) is 1. The Bertz CT molecular complexity index is 1240. The number of cyclic esters (lactones) is 1. The summed E-state index contributed by atoms with van der Waals surface area (Å²) in [6.45, 7) is 4.19. The van der Waals surface area contributed by atoms with E-state index in [0.717, 1.165) is 17.0 Å². The predicted octanol–water partition coefficient (Wildman–Crippen LogP) is 3.90. The van der Waals surface area contributed by atoms with Crippen LogP contribution in [0, 0.1) is 5.82 Å². The third kappa shape index (κ3) is 5.65. The van der Waals surface area contributed by atoms with Crippen molar-refractivity contribution < 1.29 is 23.5 Å². The summed E-state index contributed by atoms with van der Waals surface area (Å²) in [7, 11) is 0. The van der Waals surface area contributed by atoms with Crippen molar-refractivity contribution in [3.05, 3.63) is 69.9 Å². The average Bonchev–Trinajstić information content (AvgIpc) is 3.47. The Balaban J connectivity index is 1.41. The zero-order valence-electron chi connectivity index (χ0n) is 19.3. The van der Waals surface area contributed by atoms with Gasteiger partial charge in [-0.1, -0.05) is 19.1 Å². The summed E-state index contributed by atoms with van der Waals surface area (Å²) < 4.78 is 20.2. The maximum atomic E-state index is 15.0. The summed E-state index contributed by atoms with van der Waals surface area (Å²) >= 11 is 1.57. The van der Waals surface area contributed by atoms with Gasteiger partial charge in [-0.2, -0.15) is 0 Å². The van der Waals surface area contributed by atoms with Gasteiger partial charge in [0.05, 0.1) is 36.5 Å². The number of hydrogen-bond acceptors (Lipinski definition) is 6. The van der Waals surface area contributed by atoms with Gasteiger partial charge in [0.2, 0.25) is 5.91 Å². The summed E-state index contributed by atoms with van der Waals surface area (Å²) in [6, 6.07) is 11.1. The van der Waals surface area contributed by atoms with Crippen molar-refractivity contribution in [3.63, 3.8) is 0 Å². The molecule has 3 aromatic rings. The lowest BCUT2D eigenvalue weighted by Crippen LogP contribution is -2.33. The lowest BCUT2D eigenvalue weighted by Gasteiger charge is -2.14. The number of carbonyl (C=O) groups is 3. The van der Waals surface area contributed by atoms with E-state index in [0.29, 0.717) is 28.9 Å². The van der Waals surface area contributed by atoms with E-state index in [1.165, 1.54) is 17.9 Å². The minimum absolute atomic E-state index is 0.196. The molecule has 0 unspecified atom stereocenters. The molecular weight excluding hydrogens is 471 g/mol. The number of aryl methyl sites for hydroxylation is 1. The lowest BCUT2D eigenvalue weighted by molar-refractivity contribution is -0.119. The fraction of sp³-hybridized carbons (Fsp3) is 0.280. The number of carbonyl (C=O) groups excluding carboxylic acids is 3. The van der Waals surface area contributed by atoms with Crippen molar-refractivity contribution in [1.82, 2.24) is 15.6 Å². The highest BCUT2D eigenvalue weighted by atomic mass is 32.1. The van der Waals surface area contributed by atoms with Gasteiger partial charge in [0.1, 0.15) is 11.9 Å². The molecule has 0 saturated carbocycles. The van der Waals surface area contributed by atoms with Crippen LogP contribution in [0.2, 0.25) is 0 Å². The van der Waals surface area contributed by atoms with Crippen molar-refractivity contribution in [1.29, 1.82) is 0 Å². The first kappa shape index (κ1) is 24.3. The summed E-state index contributed by atoms with van der Waals surface area (Å²) in [4.78, 5) is 42.5. The average molecular weight is 497 g/mol. The molecule has 1 saturated heterocycles. The Hall–Kier alpha value is -3.79. The van der Waals surface area contributed by atoms with E-state index >= 15 is 0 Å². The molecule has 1 aliphatic heterocycles. The van der Waals surface area contributed by atoms with Gasteiger partial charge in [-0.05, 0) is 42.3 Å². The van der Waals surface area contributed by atoms with Crippen LogP contribution in [0.15, 0.2) is 48.0 Å². The second-order valence-electron chi connectivity index (χ2n) is 8.05. The quantitative estimate of drug-likeness (QED) is 0.493. The number of thiazole rings is 1. The summed E-state index contributed by atoms with van der Waals surface area (Å²) in [6.07, 6.45) is -0.227. The number of halogens is 1. The number of hydrogen-bond donors (Lipinski definition) is 2. The molecule has 0 bridgehead atoms. The van der Waals surface area contributed by atoms with Crippen molar-refractivity contribution in [2.75, 3.05) is 18.0 Å². The molecule has 4 rings (SSSR count). The molecule has 2 N–H and O–H groups in total. The van der Waals surface area contributed by atoms with Crippen molar-refractivity contribution in [2.24, 2.45) is 0 Å². The molecular formula is C25H25FN4O4S. The van der Waals surface area contributed by atoms with E-state index in [-0.39, 0.29) is 24.9 Å². The molecule has 0 radical (unpaired) electrons. The van der Waals surface area contributed by atoms with E-state index in [4.69, 9.17) is 4.74 Å². The zero-order chi connectivity index (χ0) is 24.9. The Kier molecular flexibility index (Phi) is 7.40. The van der Waals surface area contributed by atoms with Crippen LogP contribution in [0.5, 0.6) is 0 Å². The highest BCUT2D eigenvalue weighted by Gasteiger charge is 2.32. The van der Waals surface area contributed by atoms with Crippen LogP contribution in [0.3, 0.4) is 0 Å². The third-order valence-electron chi connectivity index (χ3n) is 5.64. The van der Waals surface area contributed by atoms with Gasteiger partial charge in [-0.25, -0.2) is 14.2 Å². The number of anilines is 1. The van der Waals surface area contributed by atoms with Crippen molar-refractivity contribution in [2.45, 2.75) is 32.9 Å². The van der Waals surface area contributed by atoms with Crippen LogP contribution < -0.4 is 15.5 Å². The fourth-order valence-electron chi connectivity index (χ4n) is 3.79. The molecule has 182 valence electrons. The molecule has 1 fully saturated rings. The first-order valence-electron chi connectivity index (χ1n) is 11.2. The van der Waals surface area contributed by atoms with Gasteiger partial charge in [0.25, 0.3) is 5.91 Å². The number of rotatable bonds is 8. The van der Waals surface area contributed by atoms with Gasteiger partial charge < -0.3 is 15.4 Å². The van der Waals surface area contributed by atoms with E-state index in [9.17, 15) is 18.8 Å². The molecule has 2 heterocycles. The van der Waals surface area contributed by atoms with Crippen LogP contribution in [0.1, 0.15) is 34.8 Å². The van der Waals surface area contributed by atoms with Crippen LogP contribution >= 0.6 is 11.3 Å². The lowest BCUT2D eigenvalue weighted by atomic mass is 10.0. The predicted molar refractivity (Wildman–Crippen MR) is 131 cm³/mol. The Morgan fingerprint density at radius 3 is 2.66 bits per heavy atom. The smallest absolute Gasteiger partial charge is 0.414 e. The van der Waals surface area contributed by atoms with E-state index in [2.05, 4.69) is 15.6 Å². The van der Waals surface area contributed by atoms with Crippen LogP contribution in [0.25, 0.3) is 11.1 Å². The van der Waals surface area contributed by atoms with Gasteiger partial charge in [0, 0.05) is 22.9 Å². The first-order valence-corrected chi connectivity index (χ1v) is 12.1. The van der Waals surface area contributed by atoms with Crippen LogP contribution in [-0.2, 0) is 22.5 Å². The molecule has 0 spiro atoms. The number of aromatic nitrogens is 1. The van der Waals surface area contributed by atoms with Gasteiger partial charge in [0.15, 0.2) is 0 Å². The molecule has 8 nitrogen and oxygen atoms in total. The third-order valence-corrected chi connectivity index (χ3v) is 6.66. The second kappa shape index (κ2) is 10.6. The standard InChI is InChI=1S/C25H25FN4O4S/c1-3-23-22(29-14-35-23)12-28-24(32)17-6-4-16(5-7-17)20-9-8-18(10-21(20)26)30-13-19(34-25(30)33)11-27-15(2)31/h4-10,14,19H,3,11-13H2,1-2H3,(H,27,31)(H,28,32)/t19-/m0/s1. The normalized spacial score (nSPS) is 15.1. The van der Waals surface area contributed by atoms with E-state index in [1.807, 2.05) is 6.92 Å². The maximum absolute atomic E-state index is 15.0. The highest BCUT2D eigenvalue weighted by Crippen LogP contribution is 2.29. The van der Waals surface area contributed by atoms with Gasteiger partial charge >= 0.3 is 6.09 Å². The largest absolute Gasteiger partial charge is 0.442 e. The van der Waals surface area contributed by atoms with Gasteiger partial charge in [-0.15, -0.1) is 11.3 Å². The molecule has 1 aliphatic rings. The molecule has 2 aromatic carbocycles. The highest BCUT2D eigenvalue weighted by molar-refractivity contribution is 7.09. The SMILES string of the molecule is CCc1scnc1CNC(=O)c1ccc(-c2ccc(N3C[C@H](CNC(C)=O)OC3=O)cc2F)cc1. The van der Waals surface area contributed by atoms with E-state index < -0.39 is 18.0 Å².